The average Bonchev–Trinajstić information content (AvgIpc) is 3.40. The smallest absolute Gasteiger partial charge is 0.251 e. The summed E-state index contributed by atoms with van der Waals surface area (Å²) in [5.74, 6) is 1.32. The minimum atomic E-state index is -0.152. The summed E-state index contributed by atoms with van der Waals surface area (Å²) in [7, 11) is 3.91. The quantitative estimate of drug-likeness (QED) is 0.308. The Morgan fingerprint density at radius 1 is 0.914 bits per heavy atom. The van der Waals surface area contributed by atoms with Crippen LogP contribution in [0.15, 0.2) is 84.4 Å². The minimum Gasteiger partial charge on any atom is -0.453 e. The molecule has 0 radical (unpaired) electrons. The van der Waals surface area contributed by atoms with Gasteiger partial charge in [-0.05, 0) is 74.1 Å². The lowest BCUT2D eigenvalue weighted by Crippen LogP contribution is -2.31. The predicted molar refractivity (Wildman–Crippen MR) is 136 cm³/mol. The van der Waals surface area contributed by atoms with Gasteiger partial charge in [0.05, 0.1) is 10.4 Å². The number of hydrogen-bond donors (Lipinski definition) is 1. The van der Waals surface area contributed by atoms with Crippen LogP contribution in [0.3, 0.4) is 0 Å². The van der Waals surface area contributed by atoms with E-state index >= 15 is 0 Å². The second-order valence-corrected chi connectivity index (χ2v) is 8.84. The van der Waals surface area contributed by atoms with Crippen molar-refractivity contribution in [1.82, 2.24) is 15.2 Å². The van der Waals surface area contributed by atoms with E-state index in [0.29, 0.717) is 39.8 Å². The van der Waals surface area contributed by atoms with Crippen molar-refractivity contribution < 1.29 is 19.1 Å². The summed E-state index contributed by atoms with van der Waals surface area (Å²) < 4.78 is 12.1. The number of benzene rings is 2. The molecule has 2 heterocycles. The largest absolute Gasteiger partial charge is 0.453 e. The molecule has 0 atom stereocenters. The maximum absolute atomic E-state index is 12.9. The lowest BCUT2D eigenvalue weighted by molar-refractivity contribution is 0.0950. The van der Waals surface area contributed by atoms with Crippen LogP contribution >= 0.6 is 11.3 Å². The number of carbonyl (C=O) groups is 2. The van der Waals surface area contributed by atoms with Crippen molar-refractivity contribution in [2.24, 2.45) is 0 Å². The Balaban J connectivity index is 1.48. The Morgan fingerprint density at radius 2 is 1.66 bits per heavy atom. The van der Waals surface area contributed by atoms with Gasteiger partial charge in [-0.2, -0.15) is 0 Å². The first-order valence-corrected chi connectivity index (χ1v) is 11.9. The number of para-hydroxylation sites is 2. The molecule has 0 spiro atoms. The number of nitrogens with zero attached hydrogens (tertiary/aromatic N) is 2. The Hall–Kier alpha value is -4.01. The Morgan fingerprint density at radius 3 is 2.34 bits per heavy atom. The number of pyridine rings is 1. The molecule has 35 heavy (non-hydrogen) atoms. The first-order valence-electron chi connectivity index (χ1n) is 11.0. The van der Waals surface area contributed by atoms with E-state index in [9.17, 15) is 9.59 Å². The van der Waals surface area contributed by atoms with E-state index in [1.54, 1.807) is 60.8 Å². The Kier molecular flexibility index (Phi) is 7.87. The summed E-state index contributed by atoms with van der Waals surface area (Å²) in [5, 5.41) is 4.74. The van der Waals surface area contributed by atoms with Crippen LogP contribution in [0, 0.1) is 0 Å². The molecular weight excluding hydrogens is 462 g/mol. The van der Waals surface area contributed by atoms with Crippen molar-refractivity contribution in [3.8, 4) is 23.1 Å². The van der Waals surface area contributed by atoms with Crippen molar-refractivity contribution >= 4 is 23.0 Å². The number of rotatable bonds is 10. The van der Waals surface area contributed by atoms with E-state index in [-0.39, 0.29) is 17.6 Å². The van der Waals surface area contributed by atoms with Crippen molar-refractivity contribution in [2.45, 2.75) is 0 Å². The van der Waals surface area contributed by atoms with Crippen molar-refractivity contribution in [2.75, 3.05) is 27.2 Å². The van der Waals surface area contributed by atoms with Crippen LogP contribution in [0.25, 0.3) is 0 Å². The highest BCUT2D eigenvalue weighted by Crippen LogP contribution is 2.35. The fourth-order valence-electron chi connectivity index (χ4n) is 3.20. The van der Waals surface area contributed by atoms with Crippen LogP contribution in [-0.2, 0) is 0 Å². The number of ether oxygens (including phenoxy) is 2. The SMILES string of the molecule is CN(C)CCNC(=O)c1ccc(Oc2ccccc2Oc2ncccc2C(=O)c2cccs2)cc1. The van der Waals surface area contributed by atoms with Crippen LogP contribution in [-0.4, -0.2) is 48.8 Å². The highest BCUT2D eigenvalue weighted by atomic mass is 32.1. The summed E-state index contributed by atoms with van der Waals surface area (Å²) in [6.45, 7) is 1.33. The monoisotopic (exact) mass is 487 g/mol. The Labute approximate surface area is 208 Å². The molecule has 0 aliphatic carbocycles. The van der Waals surface area contributed by atoms with Crippen LogP contribution in [0.5, 0.6) is 23.1 Å². The third kappa shape index (κ3) is 6.32. The highest BCUT2D eigenvalue weighted by Gasteiger charge is 2.18. The normalized spacial score (nSPS) is 10.7. The van der Waals surface area contributed by atoms with Gasteiger partial charge in [0.25, 0.3) is 5.91 Å². The van der Waals surface area contributed by atoms with E-state index < -0.39 is 0 Å². The third-order valence-electron chi connectivity index (χ3n) is 5.01. The number of aromatic nitrogens is 1. The molecule has 1 amide bonds. The van der Waals surface area contributed by atoms with Crippen LogP contribution < -0.4 is 14.8 Å². The molecule has 0 aliphatic rings. The first kappa shape index (κ1) is 24.1. The molecule has 7 nitrogen and oxygen atoms in total. The maximum Gasteiger partial charge on any atom is 0.251 e. The number of hydrogen-bond acceptors (Lipinski definition) is 7. The number of amides is 1. The van der Waals surface area contributed by atoms with Gasteiger partial charge in [0.15, 0.2) is 11.5 Å². The Bertz CT molecular complexity index is 1290. The van der Waals surface area contributed by atoms with Gasteiger partial charge in [0.1, 0.15) is 5.75 Å². The summed E-state index contributed by atoms with van der Waals surface area (Å²) in [6.07, 6.45) is 1.58. The second-order valence-electron chi connectivity index (χ2n) is 7.90. The summed E-state index contributed by atoms with van der Waals surface area (Å²) in [5.41, 5.74) is 0.917. The molecule has 8 heteroatoms. The fraction of sp³-hybridized carbons (Fsp3) is 0.148. The van der Waals surface area contributed by atoms with Gasteiger partial charge < -0.3 is 19.7 Å². The lowest BCUT2D eigenvalue weighted by Gasteiger charge is -2.14. The molecule has 0 unspecified atom stereocenters. The molecule has 4 aromatic rings. The summed E-state index contributed by atoms with van der Waals surface area (Å²) >= 11 is 1.37. The van der Waals surface area contributed by atoms with Gasteiger partial charge in [-0.3, -0.25) is 9.59 Å². The van der Waals surface area contributed by atoms with Crippen LogP contribution in [0.4, 0.5) is 0 Å². The van der Waals surface area contributed by atoms with Crippen LogP contribution in [0.1, 0.15) is 25.6 Å². The zero-order valence-corrected chi connectivity index (χ0v) is 20.2. The molecule has 2 aromatic carbocycles. The van der Waals surface area contributed by atoms with E-state index in [1.165, 1.54) is 11.3 Å². The van der Waals surface area contributed by atoms with E-state index in [1.807, 2.05) is 42.6 Å². The molecule has 2 aromatic heterocycles. The molecule has 0 aliphatic heterocycles. The molecule has 1 N–H and O–H groups in total. The number of nitrogens with one attached hydrogen (secondary N) is 1. The van der Waals surface area contributed by atoms with Gasteiger partial charge >= 0.3 is 0 Å². The number of carbonyl (C=O) groups excluding carboxylic acids is 2. The molecule has 0 fully saturated rings. The molecule has 178 valence electrons. The van der Waals surface area contributed by atoms with Crippen LogP contribution in [0.2, 0.25) is 0 Å². The van der Waals surface area contributed by atoms with E-state index in [0.717, 1.165) is 6.54 Å². The average molecular weight is 488 g/mol. The van der Waals surface area contributed by atoms with Crippen molar-refractivity contribution in [3.63, 3.8) is 0 Å². The van der Waals surface area contributed by atoms with Gasteiger partial charge in [0, 0.05) is 24.8 Å². The molecule has 0 saturated heterocycles. The number of thiophene rings is 1. The fourth-order valence-corrected chi connectivity index (χ4v) is 3.88. The number of likely N-dealkylation sites (N-methyl/N-ethyl adjacent to an activating group) is 1. The molecule has 0 saturated carbocycles. The van der Waals surface area contributed by atoms with Gasteiger partial charge in [0.2, 0.25) is 11.7 Å². The standard InChI is InChI=1S/C27H25N3O4S/c1-30(2)17-16-28-26(32)19-11-13-20(14-12-19)33-22-8-3-4-9-23(22)34-27-21(7-5-15-29-27)25(31)24-10-6-18-35-24/h3-15,18H,16-17H2,1-2H3,(H,28,32). The molecular formula is C27H25N3O4S. The summed E-state index contributed by atoms with van der Waals surface area (Å²) in [6, 6.07) is 21.0. The second kappa shape index (κ2) is 11.4. The third-order valence-corrected chi connectivity index (χ3v) is 5.87. The topological polar surface area (TPSA) is 80.8 Å². The predicted octanol–water partition coefficient (Wildman–Crippen LogP) is 5.25. The van der Waals surface area contributed by atoms with Gasteiger partial charge in [-0.1, -0.05) is 18.2 Å². The summed E-state index contributed by atoms with van der Waals surface area (Å²) in [4.78, 5) is 32.1. The van der Waals surface area contributed by atoms with Gasteiger partial charge in [-0.15, -0.1) is 11.3 Å². The van der Waals surface area contributed by atoms with E-state index in [2.05, 4.69) is 10.3 Å². The minimum absolute atomic E-state index is 0.139. The van der Waals surface area contributed by atoms with Crippen molar-refractivity contribution in [1.29, 1.82) is 0 Å². The first-order chi connectivity index (χ1) is 17.0. The van der Waals surface area contributed by atoms with Gasteiger partial charge in [-0.25, -0.2) is 4.98 Å². The molecule has 0 bridgehead atoms. The zero-order chi connectivity index (χ0) is 24.6. The van der Waals surface area contributed by atoms with E-state index in [4.69, 9.17) is 9.47 Å². The molecule has 4 rings (SSSR count). The highest BCUT2D eigenvalue weighted by molar-refractivity contribution is 7.12. The number of ketones is 1. The van der Waals surface area contributed by atoms with Crippen molar-refractivity contribution in [3.05, 3.63) is 100 Å². The maximum atomic E-state index is 12.9. The lowest BCUT2D eigenvalue weighted by atomic mass is 10.1. The zero-order valence-electron chi connectivity index (χ0n) is 19.4.